The second-order valence-electron chi connectivity index (χ2n) is 8.93. The van der Waals surface area contributed by atoms with Crippen molar-refractivity contribution in [1.82, 2.24) is 4.98 Å². The van der Waals surface area contributed by atoms with Gasteiger partial charge in [0.2, 0.25) is 0 Å². The number of ketones is 1. The third-order valence-corrected chi connectivity index (χ3v) is 7.55. The number of aromatic nitrogens is 1. The van der Waals surface area contributed by atoms with Crippen molar-refractivity contribution in [3.63, 3.8) is 0 Å². The molecule has 3 aromatic carbocycles. The van der Waals surface area contributed by atoms with Crippen LogP contribution < -0.4 is 9.64 Å². The fourth-order valence-corrected chi connectivity index (χ4v) is 5.54. The summed E-state index contributed by atoms with van der Waals surface area (Å²) >= 11 is 1.24. The second-order valence-corrected chi connectivity index (χ2v) is 9.94. The highest BCUT2D eigenvalue weighted by Gasteiger charge is 2.48. The number of amides is 1. The van der Waals surface area contributed by atoms with Crippen LogP contribution in [0.2, 0.25) is 0 Å². The van der Waals surface area contributed by atoms with E-state index in [1.807, 2.05) is 32.0 Å². The van der Waals surface area contributed by atoms with E-state index >= 15 is 0 Å². The number of aliphatic hydroxyl groups is 1. The lowest BCUT2D eigenvalue weighted by Gasteiger charge is -2.23. The molecule has 192 valence electrons. The second kappa shape index (κ2) is 9.75. The zero-order chi connectivity index (χ0) is 27.1. The number of methoxy groups -OCH3 is 2. The molecule has 0 saturated carbocycles. The lowest BCUT2D eigenvalue weighted by atomic mass is 9.93. The first-order valence-corrected chi connectivity index (χ1v) is 12.6. The van der Waals surface area contributed by atoms with Crippen LogP contribution in [0.1, 0.15) is 38.7 Å². The van der Waals surface area contributed by atoms with Gasteiger partial charge in [-0.2, -0.15) is 0 Å². The topological polar surface area (TPSA) is 106 Å². The number of hydrogen-bond acceptors (Lipinski definition) is 8. The van der Waals surface area contributed by atoms with Gasteiger partial charge in [0.1, 0.15) is 11.5 Å². The number of aryl methyl sites for hydroxylation is 2. The quantitative estimate of drug-likeness (QED) is 0.161. The van der Waals surface area contributed by atoms with Gasteiger partial charge in [0.25, 0.3) is 5.78 Å². The molecule has 2 heterocycles. The van der Waals surface area contributed by atoms with Crippen molar-refractivity contribution in [2.75, 3.05) is 19.1 Å². The maximum Gasteiger partial charge on any atom is 0.337 e. The van der Waals surface area contributed by atoms with Crippen LogP contribution in [0.25, 0.3) is 16.0 Å². The molecule has 5 rings (SSSR count). The minimum absolute atomic E-state index is 0.0497. The van der Waals surface area contributed by atoms with Gasteiger partial charge >= 0.3 is 11.9 Å². The Morgan fingerprint density at radius 1 is 1.00 bits per heavy atom. The molecule has 1 aromatic heterocycles. The summed E-state index contributed by atoms with van der Waals surface area (Å²) in [7, 11) is 2.85. The van der Waals surface area contributed by atoms with Gasteiger partial charge in [0.15, 0.2) is 5.13 Å². The third-order valence-electron chi connectivity index (χ3n) is 6.53. The summed E-state index contributed by atoms with van der Waals surface area (Å²) in [6.45, 7) is 3.71. The number of ether oxygens (including phenoxy) is 2. The lowest BCUT2D eigenvalue weighted by molar-refractivity contribution is -0.132. The monoisotopic (exact) mass is 528 g/mol. The van der Waals surface area contributed by atoms with Crippen LogP contribution in [0, 0.1) is 13.8 Å². The van der Waals surface area contributed by atoms with Crippen LogP contribution in [0.15, 0.2) is 66.2 Å². The molecular formula is C29H24N2O6S. The Hall–Kier alpha value is -4.50. The Balaban J connectivity index is 1.72. The minimum atomic E-state index is -0.968. The zero-order valence-electron chi connectivity index (χ0n) is 21.1. The lowest BCUT2D eigenvalue weighted by Crippen LogP contribution is -2.29. The van der Waals surface area contributed by atoms with Crippen molar-refractivity contribution >= 4 is 50.1 Å². The summed E-state index contributed by atoms with van der Waals surface area (Å²) in [6, 6.07) is 16.3. The van der Waals surface area contributed by atoms with E-state index in [2.05, 4.69) is 4.98 Å². The maximum absolute atomic E-state index is 13.5. The maximum atomic E-state index is 13.5. The number of aliphatic hydroxyl groups excluding tert-OH is 1. The molecule has 1 fully saturated rings. The molecular weight excluding hydrogens is 504 g/mol. The smallest absolute Gasteiger partial charge is 0.337 e. The fraction of sp³-hybridized carbons (Fsp3) is 0.172. The molecule has 8 nitrogen and oxygen atoms in total. The van der Waals surface area contributed by atoms with Crippen LogP contribution in [0.5, 0.6) is 5.75 Å². The Kier molecular flexibility index (Phi) is 6.46. The highest BCUT2D eigenvalue weighted by molar-refractivity contribution is 7.22. The molecule has 1 aliphatic rings. The van der Waals surface area contributed by atoms with Gasteiger partial charge in [-0.3, -0.25) is 14.5 Å². The number of benzene rings is 3. The Bertz CT molecular complexity index is 1640. The molecule has 1 saturated heterocycles. The summed E-state index contributed by atoms with van der Waals surface area (Å²) in [5.74, 6) is -1.76. The molecule has 38 heavy (non-hydrogen) atoms. The van der Waals surface area contributed by atoms with E-state index < -0.39 is 23.7 Å². The van der Waals surface area contributed by atoms with E-state index in [4.69, 9.17) is 9.47 Å². The highest BCUT2D eigenvalue weighted by atomic mass is 32.1. The Morgan fingerprint density at radius 2 is 1.74 bits per heavy atom. The summed E-state index contributed by atoms with van der Waals surface area (Å²) < 4.78 is 10.9. The Labute approximate surface area is 222 Å². The van der Waals surface area contributed by atoms with Crippen LogP contribution in [-0.2, 0) is 14.3 Å². The average Bonchev–Trinajstić information content (AvgIpc) is 3.46. The molecule has 4 aromatic rings. The van der Waals surface area contributed by atoms with Gasteiger partial charge in [0.05, 0.1) is 41.6 Å². The summed E-state index contributed by atoms with van der Waals surface area (Å²) in [5, 5.41) is 11.8. The molecule has 0 aliphatic carbocycles. The van der Waals surface area contributed by atoms with Crippen LogP contribution in [0.4, 0.5) is 5.13 Å². The predicted octanol–water partition coefficient (Wildman–Crippen LogP) is 5.33. The SMILES string of the molecule is COC(=O)c1ccc(C2C(=C(O)c3cc(C)ccc3C)C(=O)C(=O)N2c2nc3ccc(OC)cc3s2)cc1. The number of thiazole rings is 1. The normalized spacial score (nSPS) is 16.7. The predicted molar refractivity (Wildman–Crippen MR) is 145 cm³/mol. The molecule has 1 aliphatic heterocycles. The first-order chi connectivity index (χ1) is 18.2. The number of anilines is 1. The molecule has 9 heteroatoms. The van der Waals surface area contributed by atoms with E-state index in [0.29, 0.717) is 33.1 Å². The van der Waals surface area contributed by atoms with Crippen molar-refractivity contribution in [3.8, 4) is 5.75 Å². The van der Waals surface area contributed by atoms with E-state index in [1.165, 1.54) is 23.3 Å². The van der Waals surface area contributed by atoms with Crippen LogP contribution >= 0.6 is 11.3 Å². The van der Waals surface area contributed by atoms with Gasteiger partial charge in [-0.1, -0.05) is 41.2 Å². The largest absolute Gasteiger partial charge is 0.507 e. The fourth-order valence-electron chi connectivity index (χ4n) is 4.52. The van der Waals surface area contributed by atoms with E-state index in [1.54, 1.807) is 49.6 Å². The molecule has 0 bridgehead atoms. The molecule has 0 spiro atoms. The third kappa shape index (κ3) is 4.20. The van der Waals surface area contributed by atoms with Gasteiger partial charge < -0.3 is 14.6 Å². The van der Waals surface area contributed by atoms with E-state index in [9.17, 15) is 19.5 Å². The molecule has 1 atom stereocenters. The first-order valence-electron chi connectivity index (χ1n) is 11.7. The van der Waals surface area contributed by atoms with Crippen molar-refractivity contribution in [1.29, 1.82) is 0 Å². The minimum Gasteiger partial charge on any atom is -0.507 e. The van der Waals surface area contributed by atoms with E-state index in [-0.39, 0.29) is 11.3 Å². The van der Waals surface area contributed by atoms with Gasteiger partial charge in [-0.25, -0.2) is 9.78 Å². The van der Waals surface area contributed by atoms with Crippen molar-refractivity contribution in [2.45, 2.75) is 19.9 Å². The number of carbonyl (C=O) groups is 3. The standard InChI is InChI=1S/C29H24N2O6S/c1-15-5-6-16(2)20(13-15)25(32)23-24(17-7-9-18(10-8-17)28(35)37-4)31(27(34)26(23)33)29-30-21-12-11-19(36-3)14-22(21)38-29/h5-14,24,32H,1-4H3. The number of esters is 1. The molecule has 1 amide bonds. The van der Waals surface area contributed by atoms with E-state index in [0.717, 1.165) is 15.8 Å². The average molecular weight is 529 g/mol. The number of hydrogen-bond donors (Lipinski definition) is 1. The van der Waals surface area contributed by atoms with Crippen LogP contribution in [-0.4, -0.2) is 42.0 Å². The van der Waals surface area contributed by atoms with Crippen molar-refractivity contribution in [2.24, 2.45) is 0 Å². The summed E-state index contributed by atoms with van der Waals surface area (Å²) in [4.78, 5) is 44.9. The number of rotatable bonds is 5. The highest BCUT2D eigenvalue weighted by Crippen LogP contribution is 2.45. The van der Waals surface area contributed by atoms with Gasteiger partial charge in [-0.15, -0.1) is 0 Å². The number of fused-ring (bicyclic) bond motifs is 1. The number of carbonyl (C=O) groups excluding carboxylic acids is 3. The van der Waals surface area contributed by atoms with Crippen LogP contribution in [0.3, 0.4) is 0 Å². The number of Topliss-reactive ketones (excluding diaryl/α,β-unsaturated/α-hetero) is 1. The Morgan fingerprint density at radius 3 is 2.42 bits per heavy atom. The van der Waals surface area contributed by atoms with Gasteiger partial charge in [-0.05, 0) is 61.4 Å². The molecule has 1 unspecified atom stereocenters. The number of nitrogens with zero attached hydrogens (tertiary/aromatic N) is 2. The summed E-state index contributed by atoms with van der Waals surface area (Å²) in [6.07, 6.45) is 0. The van der Waals surface area contributed by atoms with Crippen molar-refractivity contribution < 1.29 is 29.0 Å². The zero-order valence-corrected chi connectivity index (χ0v) is 22.0. The molecule has 1 N–H and O–H groups in total. The first kappa shape index (κ1) is 25.2. The van der Waals surface area contributed by atoms with Gasteiger partial charge in [0, 0.05) is 5.56 Å². The van der Waals surface area contributed by atoms with Crippen molar-refractivity contribution in [3.05, 3.63) is 94.1 Å². The summed E-state index contributed by atoms with van der Waals surface area (Å²) in [5.41, 5.74) is 3.55. The molecule has 0 radical (unpaired) electrons.